The molecule has 10 heteroatoms. The van der Waals surface area contributed by atoms with Gasteiger partial charge in [-0.25, -0.2) is 4.57 Å². The van der Waals surface area contributed by atoms with E-state index in [1.165, 1.54) is 77.0 Å². The molecule has 0 aromatic rings. The number of ether oxygens (including phenoxy) is 2. The summed E-state index contributed by atoms with van der Waals surface area (Å²) in [5.74, 6) is -0.825. The fraction of sp³-hybridized carbons (Fsp3) is 0.714. The minimum Gasteiger partial charge on any atom is -0.462 e. The number of likely N-dealkylation sites (N-methyl/N-ethyl adjacent to an activating group) is 1. The Hall–Kier alpha value is -2.81. The van der Waals surface area contributed by atoms with Gasteiger partial charge in [-0.3, -0.25) is 18.6 Å². The van der Waals surface area contributed by atoms with Crippen LogP contribution in [0.5, 0.6) is 0 Å². The summed E-state index contributed by atoms with van der Waals surface area (Å²) in [7, 11) is 1.45. The van der Waals surface area contributed by atoms with Gasteiger partial charge in [-0.05, 0) is 89.9 Å². The highest BCUT2D eigenvalue weighted by atomic mass is 31.2. The van der Waals surface area contributed by atoms with Gasteiger partial charge in [-0.1, -0.05) is 189 Å². The van der Waals surface area contributed by atoms with Crippen LogP contribution < -0.4 is 0 Å². The van der Waals surface area contributed by atoms with Gasteiger partial charge < -0.3 is 18.9 Å². The van der Waals surface area contributed by atoms with Gasteiger partial charge in [0.25, 0.3) is 0 Å². The van der Waals surface area contributed by atoms with Crippen molar-refractivity contribution in [1.82, 2.24) is 0 Å². The zero-order valence-electron chi connectivity index (χ0n) is 42.9. The number of hydrogen-bond donors (Lipinski definition) is 1. The molecule has 0 saturated heterocycles. The van der Waals surface area contributed by atoms with Crippen molar-refractivity contribution in [3.8, 4) is 0 Å². The van der Waals surface area contributed by atoms with Crippen LogP contribution in [-0.4, -0.2) is 74.9 Å². The lowest BCUT2D eigenvalue weighted by Crippen LogP contribution is -2.37. The van der Waals surface area contributed by atoms with Crippen LogP contribution in [0.3, 0.4) is 0 Å². The first-order chi connectivity index (χ1) is 32.0. The molecular weight excluding hydrogens is 846 g/mol. The molecule has 0 aliphatic rings. The zero-order chi connectivity index (χ0) is 48.5. The first kappa shape index (κ1) is 63.2. The Balaban J connectivity index is 4.30. The number of hydrogen-bond acceptors (Lipinski definition) is 7. The number of allylic oxidation sites excluding steroid dienone is 14. The Labute approximate surface area is 405 Å². The van der Waals surface area contributed by atoms with E-state index in [2.05, 4.69) is 98.9 Å². The highest BCUT2D eigenvalue weighted by Crippen LogP contribution is 2.43. The van der Waals surface area contributed by atoms with E-state index in [4.69, 9.17) is 18.5 Å². The predicted molar refractivity (Wildman–Crippen MR) is 279 cm³/mol. The highest BCUT2D eigenvalue weighted by Gasteiger charge is 2.27. The molecule has 0 radical (unpaired) electrons. The minimum absolute atomic E-state index is 0.0233. The molecule has 1 N–H and O–H groups in total. The van der Waals surface area contributed by atoms with E-state index in [1.54, 1.807) is 0 Å². The molecule has 66 heavy (non-hydrogen) atoms. The number of unbranched alkanes of at least 4 members (excludes halogenated alkanes) is 19. The summed E-state index contributed by atoms with van der Waals surface area (Å²) in [4.78, 5) is 35.6. The van der Waals surface area contributed by atoms with Crippen molar-refractivity contribution in [3.63, 3.8) is 0 Å². The SMILES string of the molecule is CC/C=C\C/C=C\C/C=C\C/C=C\CCCCCCCCCCC(=O)OC(COC(=O)CCCCCCCC/C=C\C/C=C\C/C=C\CCCCCCC)COP(=O)(O)OCC[N+](C)(C)C. The van der Waals surface area contributed by atoms with Crippen molar-refractivity contribution in [3.05, 3.63) is 85.1 Å². The second-order valence-electron chi connectivity index (χ2n) is 18.5. The second kappa shape index (κ2) is 47.3. The monoisotopic (exact) mass is 945 g/mol. The average Bonchev–Trinajstić information content (AvgIpc) is 3.27. The lowest BCUT2D eigenvalue weighted by atomic mass is 10.1. The van der Waals surface area contributed by atoms with E-state index < -0.39 is 26.5 Å². The smallest absolute Gasteiger partial charge is 0.462 e. The molecule has 0 aromatic heterocycles. The molecule has 0 spiro atoms. The molecule has 9 nitrogen and oxygen atoms in total. The van der Waals surface area contributed by atoms with E-state index in [0.717, 1.165) is 96.3 Å². The van der Waals surface area contributed by atoms with Crippen LogP contribution in [0, 0.1) is 0 Å². The summed E-state index contributed by atoms with van der Waals surface area (Å²) in [6.07, 6.45) is 62.0. The Morgan fingerprint density at radius 3 is 1.29 bits per heavy atom. The van der Waals surface area contributed by atoms with Crippen molar-refractivity contribution in [2.45, 2.75) is 213 Å². The van der Waals surface area contributed by atoms with Crippen molar-refractivity contribution >= 4 is 19.8 Å². The number of phosphoric ester groups is 1. The number of esters is 2. The summed E-state index contributed by atoms with van der Waals surface area (Å²) >= 11 is 0. The van der Waals surface area contributed by atoms with Crippen LogP contribution in [-0.2, 0) is 32.7 Å². The molecule has 380 valence electrons. The number of nitrogens with zero attached hydrogens (tertiary/aromatic N) is 1. The maximum absolute atomic E-state index is 12.8. The molecular formula is C56H99NO8P+. The first-order valence-electron chi connectivity index (χ1n) is 26.3. The molecule has 0 heterocycles. The van der Waals surface area contributed by atoms with Crippen LogP contribution in [0.1, 0.15) is 206 Å². The standard InChI is InChI=1S/C56H98NO8P/c1-6-8-10-12-14-16-18-20-22-24-26-28-30-32-34-36-38-40-42-44-46-48-55(58)62-52-54(53-64-66(60,61)63-51-50-57(3,4)5)65-56(59)49-47-45-43-41-39-37-35-33-31-29-27-25-23-21-19-17-15-13-11-9-7-2/h9,11,15,17-18,20-21,23-24,26-27,29-30,32,54H,6-8,10,12-14,16,19,22,25,28,31,33-53H2,1-5H3/p+1/b11-9-,17-15-,20-18-,23-21-,26-24-,29-27-,32-30-. The predicted octanol–water partition coefficient (Wildman–Crippen LogP) is 15.9. The Bertz CT molecular complexity index is 1390. The van der Waals surface area contributed by atoms with Gasteiger partial charge in [0.1, 0.15) is 19.8 Å². The fourth-order valence-corrected chi connectivity index (χ4v) is 7.58. The minimum atomic E-state index is -4.39. The summed E-state index contributed by atoms with van der Waals surface area (Å²) in [6.45, 7) is 4.28. The van der Waals surface area contributed by atoms with Crippen LogP contribution in [0.2, 0.25) is 0 Å². The van der Waals surface area contributed by atoms with Crippen LogP contribution >= 0.6 is 7.82 Å². The molecule has 0 aliphatic carbocycles. The molecule has 2 unspecified atom stereocenters. The second-order valence-corrected chi connectivity index (χ2v) is 20.0. The van der Waals surface area contributed by atoms with Crippen LogP contribution in [0.25, 0.3) is 0 Å². The number of quaternary nitrogens is 1. The third-order valence-electron chi connectivity index (χ3n) is 10.9. The maximum Gasteiger partial charge on any atom is 0.472 e. The Morgan fingerprint density at radius 2 is 0.864 bits per heavy atom. The summed E-state index contributed by atoms with van der Waals surface area (Å²) in [6, 6.07) is 0. The van der Waals surface area contributed by atoms with Gasteiger partial charge in [0.15, 0.2) is 6.10 Å². The maximum atomic E-state index is 12.8. The van der Waals surface area contributed by atoms with Crippen molar-refractivity contribution in [1.29, 1.82) is 0 Å². The quantitative estimate of drug-likeness (QED) is 0.0211. The summed E-state index contributed by atoms with van der Waals surface area (Å²) in [5, 5.41) is 0. The van der Waals surface area contributed by atoms with Gasteiger partial charge in [-0.15, -0.1) is 0 Å². The molecule has 0 bridgehead atoms. The number of carbonyl (C=O) groups is 2. The lowest BCUT2D eigenvalue weighted by Gasteiger charge is -2.24. The van der Waals surface area contributed by atoms with E-state index >= 15 is 0 Å². The normalized spacial score (nSPS) is 14.1. The third-order valence-corrected chi connectivity index (χ3v) is 11.9. The number of carbonyl (C=O) groups excluding carboxylic acids is 2. The number of rotatable bonds is 47. The molecule has 0 saturated carbocycles. The van der Waals surface area contributed by atoms with Gasteiger partial charge in [0.05, 0.1) is 27.7 Å². The molecule has 0 fully saturated rings. The van der Waals surface area contributed by atoms with Crippen molar-refractivity contribution in [2.75, 3.05) is 47.5 Å². The van der Waals surface area contributed by atoms with Crippen molar-refractivity contribution < 1.29 is 42.1 Å². The van der Waals surface area contributed by atoms with Gasteiger partial charge in [0.2, 0.25) is 0 Å². The Morgan fingerprint density at radius 1 is 0.485 bits per heavy atom. The van der Waals surface area contributed by atoms with Gasteiger partial charge in [-0.2, -0.15) is 0 Å². The van der Waals surface area contributed by atoms with Crippen LogP contribution in [0.4, 0.5) is 0 Å². The molecule has 0 aliphatic heterocycles. The third kappa shape index (κ3) is 50.6. The molecule has 2 atom stereocenters. The topological polar surface area (TPSA) is 108 Å². The fourth-order valence-electron chi connectivity index (χ4n) is 6.84. The highest BCUT2D eigenvalue weighted by molar-refractivity contribution is 7.47. The van der Waals surface area contributed by atoms with Crippen molar-refractivity contribution in [2.24, 2.45) is 0 Å². The van der Waals surface area contributed by atoms with Gasteiger partial charge in [0, 0.05) is 12.8 Å². The van der Waals surface area contributed by atoms with E-state index in [9.17, 15) is 19.0 Å². The lowest BCUT2D eigenvalue weighted by molar-refractivity contribution is -0.870. The van der Waals surface area contributed by atoms with E-state index in [0.29, 0.717) is 17.4 Å². The summed E-state index contributed by atoms with van der Waals surface area (Å²) < 4.78 is 34.5. The van der Waals surface area contributed by atoms with Crippen LogP contribution in [0.15, 0.2) is 85.1 Å². The number of phosphoric acid groups is 1. The zero-order valence-corrected chi connectivity index (χ0v) is 43.8. The largest absolute Gasteiger partial charge is 0.472 e. The molecule has 0 aromatic carbocycles. The average molecular weight is 945 g/mol. The van der Waals surface area contributed by atoms with E-state index in [1.807, 2.05) is 21.1 Å². The molecule has 0 rings (SSSR count). The summed E-state index contributed by atoms with van der Waals surface area (Å²) in [5.41, 5.74) is 0. The Kier molecular flexibility index (Phi) is 45.3. The molecule has 0 amide bonds. The van der Waals surface area contributed by atoms with Gasteiger partial charge >= 0.3 is 19.8 Å². The first-order valence-corrected chi connectivity index (χ1v) is 27.8. The van der Waals surface area contributed by atoms with E-state index in [-0.39, 0.29) is 32.0 Å².